The first-order chi connectivity index (χ1) is 16.6. The third-order valence-electron chi connectivity index (χ3n) is 5.02. The second-order valence-corrected chi connectivity index (χ2v) is 8.45. The van der Waals surface area contributed by atoms with Gasteiger partial charge in [0.1, 0.15) is 11.5 Å². The first-order valence-corrected chi connectivity index (χ1v) is 11.9. The van der Waals surface area contributed by atoms with Crippen LogP contribution < -0.4 is 14.8 Å². The van der Waals surface area contributed by atoms with Crippen LogP contribution in [0.15, 0.2) is 78.0 Å². The van der Waals surface area contributed by atoms with Crippen LogP contribution in [0.4, 0.5) is 5.69 Å². The Morgan fingerprint density at radius 2 is 1.74 bits per heavy atom. The van der Waals surface area contributed by atoms with Gasteiger partial charge >= 0.3 is 0 Å². The van der Waals surface area contributed by atoms with Crippen LogP contribution in [0.3, 0.4) is 0 Å². The Morgan fingerprint density at radius 1 is 1.00 bits per heavy atom. The van der Waals surface area contributed by atoms with Gasteiger partial charge in [0.2, 0.25) is 5.91 Å². The summed E-state index contributed by atoms with van der Waals surface area (Å²) in [6.07, 6.45) is 0. The molecule has 7 nitrogen and oxygen atoms in total. The molecule has 0 unspecified atom stereocenters. The molecule has 1 heterocycles. The highest BCUT2D eigenvalue weighted by Crippen LogP contribution is 2.29. The van der Waals surface area contributed by atoms with Crippen LogP contribution >= 0.6 is 11.8 Å². The summed E-state index contributed by atoms with van der Waals surface area (Å²) in [6, 6.07) is 23.1. The smallest absolute Gasteiger partial charge is 0.234 e. The summed E-state index contributed by atoms with van der Waals surface area (Å²) in [6.45, 7) is 4.60. The number of carbonyl (C=O) groups is 1. The fourth-order valence-electron chi connectivity index (χ4n) is 3.43. The summed E-state index contributed by atoms with van der Waals surface area (Å²) in [7, 11) is 1.61. The molecule has 1 N–H and O–H groups in total. The fourth-order valence-corrected chi connectivity index (χ4v) is 4.18. The van der Waals surface area contributed by atoms with Crippen LogP contribution in [0.1, 0.15) is 12.5 Å². The first kappa shape index (κ1) is 23.4. The second-order valence-electron chi connectivity index (χ2n) is 7.50. The summed E-state index contributed by atoms with van der Waals surface area (Å²) in [5.41, 5.74) is 3.69. The molecule has 4 rings (SSSR count). The molecular weight excluding hydrogens is 448 g/mol. The zero-order chi connectivity index (χ0) is 23.9. The standard InChI is InChI=1S/C26H26N4O3S/c1-4-33-23-14-10-21(11-15-23)30-25(19-7-5-6-18(2)16-19)28-29-26(30)34-17-24(31)27-20-8-12-22(32-3)13-9-20/h5-16H,4,17H2,1-3H3,(H,27,31). The number of nitrogens with zero attached hydrogens (tertiary/aromatic N) is 3. The quantitative estimate of drug-likeness (QED) is 0.328. The molecule has 4 aromatic rings. The molecule has 34 heavy (non-hydrogen) atoms. The number of benzene rings is 3. The summed E-state index contributed by atoms with van der Waals surface area (Å²) < 4.78 is 12.7. The van der Waals surface area contributed by atoms with Crippen molar-refractivity contribution in [1.29, 1.82) is 0 Å². The fraction of sp³-hybridized carbons (Fsp3) is 0.192. The SMILES string of the molecule is CCOc1ccc(-n2c(SCC(=O)Nc3ccc(OC)cc3)nnc2-c2cccc(C)c2)cc1. The molecular formula is C26H26N4O3S. The molecule has 8 heteroatoms. The predicted molar refractivity (Wildman–Crippen MR) is 135 cm³/mol. The van der Waals surface area contributed by atoms with Crippen LogP contribution in [-0.2, 0) is 4.79 Å². The van der Waals surface area contributed by atoms with Crippen molar-refractivity contribution >= 4 is 23.4 Å². The van der Waals surface area contributed by atoms with Crippen molar-refractivity contribution < 1.29 is 14.3 Å². The van der Waals surface area contributed by atoms with E-state index in [2.05, 4.69) is 21.6 Å². The molecule has 0 fully saturated rings. The van der Waals surface area contributed by atoms with E-state index >= 15 is 0 Å². The van der Waals surface area contributed by atoms with E-state index in [1.165, 1.54) is 11.8 Å². The van der Waals surface area contributed by atoms with E-state index in [-0.39, 0.29) is 11.7 Å². The van der Waals surface area contributed by atoms with Crippen LogP contribution in [0.25, 0.3) is 17.1 Å². The Bertz CT molecular complexity index is 1250. The highest BCUT2D eigenvalue weighted by molar-refractivity contribution is 7.99. The molecule has 0 bridgehead atoms. The molecule has 0 atom stereocenters. The minimum atomic E-state index is -0.131. The highest BCUT2D eigenvalue weighted by Gasteiger charge is 2.18. The van der Waals surface area contributed by atoms with Crippen molar-refractivity contribution in [2.75, 3.05) is 24.8 Å². The van der Waals surface area contributed by atoms with Crippen molar-refractivity contribution in [3.8, 4) is 28.6 Å². The Labute approximate surface area is 203 Å². The van der Waals surface area contributed by atoms with Crippen molar-refractivity contribution in [2.45, 2.75) is 19.0 Å². The number of amides is 1. The van der Waals surface area contributed by atoms with Gasteiger partial charge in [0, 0.05) is 16.9 Å². The molecule has 0 saturated heterocycles. The normalized spacial score (nSPS) is 10.7. The molecule has 0 radical (unpaired) electrons. The van der Waals surface area contributed by atoms with Crippen LogP contribution in [-0.4, -0.2) is 40.1 Å². The Morgan fingerprint density at radius 3 is 2.41 bits per heavy atom. The Hall–Kier alpha value is -3.78. The number of anilines is 1. The van der Waals surface area contributed by atoms with Crippen molar-refractivity contribution in [3.63, 3.8) is 0 Å². The summed E-state index contributed by atoms with van der Waals surface area (Å²) in [4.78, 5) is 12.6. The number of aryl methyl sites for hydroxylation is 1. The second kappa shape index (κ2) is 10.9. The van der Waals surface area contributed by atoms with Gasteiger partial charge in [0.25, 0.3) is 0 Å². The lowest BCUT2D eigenvalue weighted by molar-refractivity contribution is -0.113. The molecule has 174 valence electrons. The van der Waals surface area contributed by atoms with Gasteiger partial charge in [-0.05, 0) is 68.4 Å². The van der Waals surface area contributed by atoms with Crippen molar-refractivity contribution in [1.82, 2.24) is 14.8 Å². The number of hydrogen-bond donors (Lipinski definition) is 1. The van der Waals surface area contributed by atoms with Gasteiger partial charge in [-0.15, -0.1) is 10.2 Å². The number of hydrogen-bond acceptors (Lipinski definition) is 6. The van der Waals surface area contributed by atoms with Crippen LogP contribution in [0, 0.1) is 6.92 Å². The number of nitrogens with one attached hydrogen (secondary N) is 1. The zero-order valence-corrected chi connectivity index (χ0v) is 20.1. The molecule has 0 saturated carbocycles. The van der Waals surface area contributed by atoms with Gasteiger partial charge in [-0.2, -0.15) is 0 Å². The van der Waals surface area contributed by atoms with Crippen molar-refractivity contribution in [3.05, 3.63) is 78.4 Å². The zero-order valence-electron chi connectivity index (χ0n) is 19.3. The van der Waals surface area contributed by atoms with Gasteiger partial charge < -0.3 is 14.8 Å². The maximum absolute atomic E-state index is 12.6. The minimum Gasteiger partial charge on any atom is -0.497 e. The van der Waals surface area contributed by atoms with Crippen LogP contribution in [0.5, 0.6) is 11.5 Å². The van der Waals surface area contributed by atoms with E-state index < -0.39 is 0 Å². The van der Waals surface area contributed by atoms with E-state index in [1.54, 1.807) is 31.4 Å². The Balaban J connectivity index is 1.58. The summed E-state index contributed by atoms with van der Waals surface area (Å²) in [5, 5.41) is 12.4. The third kappa shape index (κ3) is 5.58. The van der Waals surface area contributed by atoms with E-state index in [1.807, 2.05) is 60.9 Å². The lowest BCUT2D eigenvalue weighted by Gasteiger charge is -2.12. The lowest BCUT2D eigenvalue weighted by atomic mass is 10.1. The van der Waals surface area contributed by atoms with Gasteiger partial charge in [0.15, 0.2) is 11.0 Å². The number of methoxy groups -OCH3 is 1. The van der Waals surface area contributed by atoms with Gasteiger partial charge in [-0.3, -0.25) is 9.36 Å². The predicted octanol–water partition coefficient (Wildman–Crippen LogP) is 5.38. The first-order valence-electron chi connectivity index (χ1n) is 10.9. The Kier molecular flexibility index (Phi) is 7.49. The number of ether oxygens (including phenoxy) is 2. The largest absolute Gasteiger partial charge is 0.497 e. The van der Waals surface area contributed by atoms with Crippen LogP contribution in [0.2, 0.25) is 0 Å². The van der Waals surface area contributed by atoms with E-state index in [4.69, 9.17) is 9.47 Å². The molecule has 0 aliphatic heterocycles. The van der Waals surface area contributed by atoms with Crippen molar-refractivity contribution in [2.24, 2.45) is 0 Å². The third-order valence-corrected chi connectivity index (χ3v) is 5.95. The van der Waals surface area contributed by atoms with Gasteiger partial charge in [-0.1, -0.05) is 35.5 Å². The lowest BCUT2D eigenvalue weighted by Crippen LogP contribution is -2.14. The number of thioether (sulfide) groups is 1. The number of rotatable bonds is 9. The van der Waals surface area contributed by atoms with E-state index in [9.17, 15) is 4.79 Å². The molecule has 1 aromatic heterocycles. The molecule has 0 aliphatic carbocycles. The van der Waals surface area contributed by atoms with E-state index in [0.29, 0.717) is 23.3 Å². The molecule has 3 aromatic carbocycles. The molecule has 1 amide bonds. The average Bonchev–Trinajstić information content (AvgIpc) is 3.28. The highest BCUT2D eigenvalue weighted by atomic mass is 32.2. The maximum Gasteiger partial charge on any atom is 0.234 e. The van der Waals surface area contributed by atoms with Gasteiger partial charge in [0.05, 0.1) is 19.5 Å². The maximum atomic E-state index is 12.6. The van der Waals surface area contributed by atoms with Gasteiger partial charge in [-0.25, -0.2) is 0 Å². The number of carbonyl (C=O) groups excluding carboxylic acids is 1. The topological polar surface area (TPSA) is 78.3 Å². The average molecular weight is 475 g/mol. The minimum absolute atomic E-state index is 0.131. The molecule has 0 aliphatic rings. The monoisotopic (exact) mass is 474 g/mol. The molecule has 0 spiro atoms. The summed E-state index contributed by atoms with van der Waals surface area (Å²) in [5.74, 6) is 2.30. The number of aromatic nitrogens is 3. The summed E-state index contributed by atoms with van der Waals surface area (Å²) >= 11 is 1.33. The van der Waals surface area contributed by atoms with E-state index in [0.717, 1.165) is 28.3 Å².